The first kappa shape index (κ1) is 17.7. The van der Waals surface area contributed by atoms with Crippen molar-refractivity contribution >= 4 is 15.9 Å². The lowest BCUT2D eigenvalue weighted by molar-refractivity contribution is -0.121. The van der Waals surface area contributed by atoms with Crippen LogP contribution in [-0.4, -0.2) is 38.0 Å². The van der Waals surface area contributed by atoms with E-state index in [9.17, 15) is 13.2 Å². The maximum absolute atomic E-state index is 11.8. The molecule has 0 heterocycles. The largest absolute Gasteiger partial charge is 0.355 e. The first-order chi connectivity index (χ1) is 9.68. The maximum atomic E-state index is 11.8. The number of rotatable bonds is 7. The van der Waals surface area contributed by atoms with Gasteiger partial charge < -0.3 is 5.32 Å². The lowest BCUT2D eigenvalue weighted by Gasteiger charge is -2.20. The second-order valence-corrected chi connectivity index (χ2v) is 7.70. The predicted molar refractivity (Wildman–Crippen MR) is 84.3 cm³/mol. The first-order valence-corrected chi connectivity index (χ1v) is 8.80. The minimum absolute atomic E-state index is 0.153. The monoisotopic (exact) mass is 312 g/mol. The molecule has 0 fully saturated rings. The molecule has 0 aromatic heterocycles. The van der Waals surface area contributed by atoms with Crippen molar-refractivity contribution in [3.8, 4) is 0 Å². The van der Waals surface area contributed by atoms with Crippen molar-refractivity contribution in [1.29, 1.82) is 0 Å². The van der Waals surface area contributed by atoms with Gasteiger partial charge in [-0.1, -0.05) is 43.7 Å². The van der Waals surface area contributed by atoms with Crippen molar-refractivity contribution in [3.63, 3.8) is 0 Å². The highest BCUT2D eigenvalue weighted by atomic mass is 32.2. The summed E-state index contributed by atoms with van der Waals surface area (Å²) in [5.74, 6) is 0.0546. The summed E-state index contributed by atoms with van der Waals surface area (Å²) in [6, 6.07) is 7.60. The number of nitrogens with zero attached hydrogens (tertiary/aromatic N) is 1. The van der Waals surface area contributed by atoms with Gasteiger partial charge >= 0.3 is 0 Å². The normalized spacial score (nSPS) is 11.9. The zero-order chi connectivity index (χ0) is 16.0. The number of hydrogen-bond donors (Lipinski definition) is 1. The van der Waals surface area contributed by atoms with Crippen LogP contribution in [0.4, 0.5) is 0 Å². The van der Waals surface area contributed by atoms with E-state index in [2.05, 4.69) is 5.32 Å². The molecular formula is C15H24N2O3S. The summed E-state index contributed by atoms with van der Waals surface area (Å²) in [6.45, 7) is 6.54. The average molecular weight is 312 g/mol. The number of benzene rings is 1. The molecule has 1 rings (SSSR count). The molecule has 0 unspecified atom stereocenters. The standard InChI is InChI=1S/C15H24N2O3S/c1-12(2)9-16-15(18)11-17(21(4,19)20)10-14-7-5-13(3)6-8-14/h5-8,12H,9-11H2,1-4H3,(H,16,18). The third-order valence-electron chi connectivity index (χ3n) is 2.98. The van der Waals surface area contributed by atoms with Crippen LogP contribution < -0.4 is 5.32 Å². The SMILES string of the molecule is Cc1ccc(CN(CC(=O)NCC(C)C)S(C)(=O)=O)cc1. The Morgan fingerprint density at radius 3 is 2.29 bits per heavy atom. The third-order valence-corrected chi connectivity index (χ3v) is 4.17. The van der Waals surface area contributed by atoms with Gasteiger partial charge in [-0.05, 0) is 18.4 Å². The van der Waals surface area contributed by atoms with E-state index >= 15 is 0 Å². The van der Waals surface area contributed by atoms with E-state index in [0.29, 0.717) is 12.5 Å². The van der Waals surface area contributed by atoms with Crippen molar-refractivity contribution in [2.24, 2.45) is 5.92 Å². The minimum Gasteiger partial charge on any atom is -0.355 e. The van der Waals surface area contributed by atoms with Gasteiger partial charge in [0.05, 0.1) is 12.8 Å². The van der Waals surface area contributed by atoms with E-state index in [4.69, 9.17) is 0 Å². The smallest absolute Gasteiger partial charge is 0.235 e. The highest BCUT2D eigenvalue weighted by Crippen LogP contribution is 2.09. The average Bonchev–Trinajstić information content (AvgIpc) is 2.37. The van der Waals surface area contributed by atoms with Gasteiger partial charge in [0.25, 0.3) is 0 Å². The molecule has 0 saturated heterocycles. The van der Waals surface area contributed by atoms with Gasteiger partial charge in [-0.15, -0.1) is 0 Å². The second-order valence-electron chi connectivity index (χ2n) is 5.71. The molecule has 1 N–H and O–H groups in total. The van der Waals surface area contributed by atoms with Crippen molar-refractivity contribution in [2.75, 3.05) is 19.3 Å². The van der Waals surface area contributed by atoms with Gasteiger partial charge in [0.1, 0.15) is 0 Å². The Morgan fingerprint density at radius 2 is 1.81 bits per heavy atom. The molecule has 0 radical (unpaired) electrons. The van der Waals surface area contributed by atoms with Gasteiger partial charge in [-0.2, -0.15) is 4.31 Å². The molecular weight excluding hydrogens is 288 g/mol. The number of carbonyl (C=O) groups excluding carboxylic acids is 1. The summed E-state index contributed by atoms with van der Waals surface area (Å²) in [4.78, 5) is 11.8. The Labute approximate surface area is 127 Å². The number of hydrogen-bond acceptors (Lipinski definition) is 3. The molecule has 0 saturated carbocycles. The molecule has 1 amide bonds. The lowest BCUT2D eigenvalue weighted by atomic mass is 10.1. The zero-order valence-corrected chi connectivity index (χ0v) is 13.9. The fourth-order valence-electron chi connectivity index (χ4n) is 1.72. The number of carbonyl (C=O) groups is 1. The van der Waals surface area contributed by atoms with Crippen LogP contribution in [0.2, 0.25) is 0 Å². The summed E-state index contributed by atoms with van der Waals surface area (Å²) < 4.78 is 24.8. The fourth-order valence-corrected chi connectivity index (χ4v) is 2.46. The highest BCUT2D eigenvalue weighted by Gasteiger charge is 2.20. The van der Waals surface area contributed by atoms with E-state index in [1.54, 1.807) is 0 Å². The minimum atomic E-state index is -3.43. The van der Waals surface area contributed by atoms with E-state index in [0.717, 1.165) is 17.4 Å². The van der Waals surface area contributed by atoms with Gasteiger partial charge in [0, 0.05) is 13.1 Å². The Bertz CT molecular complexity index is 565. The molecule has 0 atom stereocenters. The van der Waals surface area contributed by atoms with E-state index in [-0.39, 0.29) is 19.0 Å². The summed E-state index contributed by atoms with van der Waals surface area (Å²) in [6.07, 6.45) is 1.12. The molecule has 0 aliphatic rings. The van der Waals surface area contributed by atoms with Crippen molar-refractivity contribution in [1.82, 2.24) is 9.62 Å². The van der Waals surface area contributed by atoms with Crippen molar-refractivity contribution < 1.29 is 13.2 Å². The Hall–Kier alpha value is -1.40. The fraction of sp³-hybridized carbons (Fsp3) is 0.533. The zero-order valence-electron chi connectivity index (χ0n) is 13.1. The van der Waals surface area contributed by atoms with Crippen LogP contribution in [0, 0.1) is 12.8 Å². The molecule has 0 aliphatic carbocycles. The second kappa shape index (κ2) is 7.56. The number of amides is 1. The summed E-state index contributed by atoms with van der Waals surface area (Å²) in [5, 5.41) is 2.73. The van der Waals surface area contributed by atoms with Crippen LogP contribution in [-0.2, 0) is 21.4 Å². The topological polar surface area (TPSA) is 66.5 Å². The summed E-state index contributed by atoms with van der Waals surface area (Å²) in [7, 11) is -3.43. The molecule has 1 aromatic rings. The Kier molecular flexibility index (Phi) is 6.36. The van der Waals surface area contributed by atoms with Crippen LogP contribution in [0.15, 0.2) is 24.3 Å². The maximum Gasteiger partial charge on any atom is 0.235 e. The number of sulfonamides is 1. The first-order valence-electron chi connectivity index (χ1n) is 6.96. The van der Waals surface area contributed by atoms with E-state index < -0.39 is 10.0 Å². The molecule has 0 aliphatic heterocycles. The predicted octanol–water partition coefficient (Wildman–Crippen LogP) is 1.53. The third kappa shape index (κ3) is 6.73. The number of nitrogens with one attached hydrogen (secondary N) is 1. The molecule has 0 bridgehead atoms. The van der Waals surface area contributed by atoms with Crippen LogP contribution in [0.25, 0.3) is 0 Å². The van der Waals surface area contributed by atoms with Gasteiger partial charge in [-0.25, -0.2) is 8.42 Å². The Balaban J connectivity index is 2.73. The van der Waals surface area contributed by atoms with Gasteiger partial charge in [-0.3, -0.25) is 4.79 Å². The van der Waals surface area contributed by atoms with Crippen LogP contribution in [0.3, 0.4) is 0 Å². The molecule has 118 valence electrons. The van der Waals surface area contributed by atoms with Crippen molar-refractivity contribution in [3.05, 3.63) is 35.4 Å². The quantitative estimate of drug-likeness (QED) is 0.830. The molecule has 21 heavy (non-hydrogen) atoms. The molecule has 0 spiro atoms. The highest BCUT2D eigenvalue weighted by molar-refractivity contribution is 7.88. The van der Waals surface area contributed by atoms with Crippen LogP contribution >= 0.6 is 0 Å². The molecule has 1 aromatic carbocycles. The van der Waals surface area contributed by atoms with Gasteiger partial charge in [0.2, 0.25) is 15.9 Å². The lowest BCUT2D eigenvalue weighted by Crippen LogP contribution is -2.40. The van der Waals surface area contributed by atoms with Crippen molar-refractivity contribution in [2.45, 2.75) is 27.3 Å². The van der Waals surface area contributed by atoms with E-state index in [1.165, 1.54) is 4.31 Å². The summed E-state index contributed by atoms with van der Waals surface area (Å²) >= 11 is 0. The molecule has 5 nitrogen and oxygen atoms in total. The van der Waals surface area contributed by atoms with Crippen LogP contribution in [0.1, 0.15) is 25.0 Å². The molecule has 6 heteroatoms. The van der Waals surface area contributed by atoms with E-state index in [1.807, 2.05) is 45.0 Å². The summed E-state index contributed by atoms with van der Waals surface area (Å²) in [5.41, 5.74) is 1.97. The van der Waals surface area contributed by atoms with Crippen LogP contribution in [0.5, 0.6) is 0 Å². The number of aryl methyl sites for hydroxylation is 1. The Morgan fingerprint density at radius 1 is 1.24 bits per heavy atom. The van der Waals surface area contributed by atoms with Gasteiger partial charge in [0.15, 0.2) is 0 Å².